The van der Waals surface area contributed by atoms with Crippen LogP contribution in [0.3, 0.4) is 0 Å². The highest BCUT2D eigenvalue weighted by Gasteiger charge is 2.20. The zero-order chi connectivity index (χ0) is 10.9. The Balaban J connectivity index is 3.22. The summed E-state index contributed by atoms with van der Waals surface area (Å²) in [5.74, 6) is -3.37. The lowest BCUT2D eigenvalue weighted by molar-refractivity contribution is -0.138. The third kappa shape index (κ3) is 1.80. The molecule has 5 N–H and O–H groups in total. The average molecular weight is 202 g/mol. The Morgan fingerprint density at radius 3 is 2.43 bits per heavy atom. The van der Waals surface area contributed by atoms with E-state index in [4.69, 9.17) is 16.6 Å². The van der Waals surface area contributed by atoms with Crippen molar-refractivity contribution in [2.45, 2.75) is 6.04 Å². The molecular weight excluding hydrogens is 194 g/mol. The number of rotatable bonds is 2. The molecule has 0 aliphatic heterocycles. The maximum absolute atomic E-state index is 13.0. The van der Waals surface area contributed by atoms with E-state index in [1.807, 2.05) is 0 Å². The molecule has 1 unspecified atom stereocenters. The maximum Gasteiger partial charge on any atom is 0.325 e. The lowest BCUT2D eigenvalue weighted by Crippen LogP contribution is -2.22. The van der Waals surface area contributed by atoms with Crippen molar-refractivity contribution < 1.29 is 18.7 Å². The number of anilines is 1. The highest BCUT2D eigenvalue weighted by Crippen LogP contribution is 2.21. The number of nitrogens with two attached hydrogens (primary N) is 2. The van der Waals surface area contributed by atoms with Crippen molar-refractivity contribution in [2.24, 2.45) is 5.73 Å². The van der Waals surface area contributed by atoms with Crippen molar-refractivity contribution in [2.75, 3.05) is 5.73 Å². The van der Waals surface area contributed by atoms with Crippen molar-refractivity contribution in [3.05, 3.63) is 29.3 Å². The van der Waals surface area contributed by atoms with E-state index in [-0.39, 0.29) is 11.3 Å². The largest absolute Gasteiger partial charge is 0.480 e. The Morgan fingerprint density at radius 1 is 1.36 bits per heavy atom. The number of hydrogen-bond acceptors (Lipinski definition) is 3. The minimum absolute atomic E-state index is 0.335. The molecule has 0 amide bonds. The molecule has 0 aliphatic carbocycles. The van der Waals surface area contributed by atoms with E-state index in [0.717, 1.165) is 6.07 Å². The number of carboxylic acids is 1. The molecule has 14 heavy (non-hydrogen) atoms. The zero-order valence-corrected chi connectivity index (χ0v) is 7.00. The summed E-state index contributed by atoms with van der Waals surface area (Å²) in [6.07, 6.45) is 0. The second kappa shape index (κ2) is 3.59. The summed E-state index contributed by atoms with van der Waals surface area (Å²) in [7, 11) is 0. The number of aliphatic carboxylic acids is 1. The molecule has 0 heterocycles. The molecule has 0 aliphatic rings. The highest BCUT2D eigenvalue weighted by atomic mass is 19.1. The lowest BCUT2D eigenvalue weighted by atomic mass is 10.1. The van der Waals surface area contributed by atoms with Gasteiger partial charge >= 0.3 is 5.97 Å². The predicted octanol–water partition coefficient (Wildman–Crippen LogP) is 0.631. The molecule has 0 fully saturated rings. The monoisotopic (exact) mass is 202 g/mol. The standard InChI is InChI=1S/C8H8F2N2O2/c9-4-2-5(10)6(11)1-3(4)7(12)8(13)14/h1-2,7H,11-12H2,(H,13,14). The molecule has 0 aromatic heterocycles. The Bertz CT molecular complexity index is 382. The van der Waals surface area contributed by atoms with Crippen LogP contribution >= 0.6 is 0 Å². The maximum atomic E-state index is 13.0. The summed E-state index contributed by atoms with van der Waals surface area (Å²) in [5.41, 5.74) is 9.61. The Kier molecular flexibility index (Phi) is 2.66. The third-order valence-electron chi connectivity index (χ3n) is 1.72. The van der Waals surface area contributed by atoms with Gasteiger partial charge in [0.25, 0.3) is 0 Å². The van der Waals surface area contributed by atoms with Crippen LogP contribution in [-0.4, -0.2) is 11.1 Å². The van der Waals surface area contributed by atoms with Crippen molar-refractivity contribution in [1.82, 2.24) is 0 Å². The first-order valence-electron chi connectivity index (χ1n) is 3.66. The summed E-state index contributed by atoms with van der Waals surface area (Å²) in [4.78, 5) is 10.4. The molecule has 0 saturated heterocycles. The molecule has 6 heteroatoms. The van der Waals surface area contributed by atoms with E-state index in [1.54, 1.807) is 0 Å². The zero-order valence-electron chi connectivity index (χ0n) is 7.00. The van der Waals surface area contributed by atoms with Gasteiger partial charge in [-0.05, 0) is 6.07 Å². The van der Waals surface area contributed by atoms with Crippen LogP contribution in [0.5, 0.6) is 0 Å². The Hall–Kier alpha value is -1.69. The quantitative estimate of drug-likeness (QED) is 0.613. The predicted molar refractivity (Wildman–Crippen MR) is 45.3 cm³/mol. The van der Waals surface area contributed by atoms with Crippen molar-refractivity contribution >= 4 is 11.7 Å². The van der Waals surface area contributed by atoms with Gasteiger partial charge in [0.2, 0.25) is 0 Å². The fraction of sp³-hybridized carbons (Fsp3) is 0.125. The minimum Gasteiger partial charge on any atom is -0.480 e. The van der Waals surface area contributed by atoms with Gasteiger partial charge in [-0.3, -0.25) is 4.79 Å². The van der Waals surface area contributed by atoms with Gasteiger partial charge in [-0.2, -0.15) is 0 Å². The van der Waals surface area contributed by atoms with Crippen LogP contribution in [-0.2, 0) is 4.79 Å². The molecule has 76 valence electrons. The molecule has 1 aromatic carbocycles. The Morgan fingerprint density at radius 2 is 1.93 bits per heavy atom. The third-order valence-corrected chi connectivity index (χ3v) is 1.72. The average Bonchev–Trinajstić information content (AvgIpc) is 2.10. The van der Waals surface area contributed by atoms with Crippen LogP contribution in [0.4, 0.5) is 14.5 Å². The van der Waals surface area contributed by atoms with Gasteiger partial charge in [0, 0.05) is 11.6 Å². The first-order chi connectivity index (χ1) is 6.43. The lowest BCUT2D eigenvalue weighted by Gasteiger charge is -2.09. The van der Waals surface area contributed by atoms with E-state index in [0.29, 0.717) is 6.07 Å². The number of carboxylic acid groups (broad SMARTS) is 1. The summed E-state index contributed by atoms with van der Waals surface area (Å²) in [6, 6.07) is -0.158. The van der Waals surface area contributed by atoms with Crippen LogP contribution in [0.2, 0.25) is 0 Å². The van der Waals surface area contributed by atoms with Crippen molar-refractivity contribution in [3.8, 4) is 0 Å². The summed E-state index contributed by atoms with van der Waals surface area (Å²) < 4.78 is 25.7. The molecule has 1 aromatic rings. The van der Waals surface area contributed by atoms with Gasteiger partial charge in [0.05, 0.1) is 5.69 Å². The highest BCUT2D eigenvalue weighted by molar-refractivity contribution is 5.75. The van der Waals surface area contributed by atoms with E-state index < -0.39 is 23.6 Å². The second-order valence-electron chi connectivity index (χ2n) is 2.71. The van der Waals surface area contributed by atoms with Crippen molar-refractivity contribution in [3.63, 3.8) is 0 Å². The second-order valence-corrected chi connectivity index (χ2v) is 2.71. The normalized spacial score (nSPS) is 12.5. The number of carbonyl (C=O) groups is 1. The van der Waals surface area contributed by atoms with Crippen LogP contribution in [0, 0.1) is 11.6 Å². The SMILES string of the molecule is Nc1cc(C(N)C(=O)O)c(F)cc1F. The molecule has 4 nitrogen and oxygen atoms in total. The van der Waals surface area contributed by atoms with Gasteiger partial charge in [0.1, 0.15) is 17.7 Å². The first kappa shape index (κ1) is 10.4. The fourth-order valence-electron chi connectivity index (χ4n) is 0.955. The number of halogens is 2. The molecule has 1 rings (SSSR count). The van der Waals surface area contributed by atoms with E-state index in [2.05, 4.69) is 0 Å². The van der Waals surface area contributed by atoms with Crippen LogP contribution in [0.15, 0.2) is 12.1 Å². The molecule has 1 atom stereocenters. The molecule has 0 spiro atoms. The van der Waals surface area contributed by atoms with Gasteiger partial charge in [-0.25, -0.2) is 8.78 Å². The van der Waals surface area contributed by atoms with E-state index in [1.165, 1.54) is 0 Å². The number of hydrogen-bond donors (Lipinski definition) is 3. The van der Waals surface area contributed by atoms with Crippen LogP contribution in [0.25, 0.3) is 0 Å². The summed E-state index contributed by atoms with van der Waals surface area (Å²) in [5, 5.41) is 8.49. The van der Waals surface area contributed by atoms with Gasteiger partial charge in [-0.15, -0.1) is 0 Å². The van der Waals surface area contributed by atoms with E-state index >= 15 is 0 Å². The number of nitrogen functional groups attached to an aromatic ring is 1. The fourth-order valence-corrected chi connectivity index (χ4v) is 0.955. The molecule has 0 radical (unpaired) electrons. The number of benzene rings is 1. The van der Waals surface area contributed by atoms with E-state index in [9.17, 15) is 13.6 Å². The Labute approximate surface area is 78.1 Å². The van der Waals surface area contributed by atoms with Gasteiger partial charge in [0.15, 0.2) is 0 Å². The van der Waals surface area contributed by atoms with Crippen LogP contribution < -0.4 is 11.5 Å². The topological polar surface area (TPSA) is 89.3 Å². The molecular formula is C8H8F2N2O2. The smallest absolute Gasteiger partial charge is 0.325 e. The first-order valence-corrected chi connectivity index (χ1v) is 3.66. The van der Waals surface area contributed by atoms with Crippen molar-refractivity contribution in [1.29, 1.82) is 0 Å². The van der Waals surface area contributed by atoms with Crippen LogP contribution in [0.1, 0.15) is 11.6 Å². The minimum atomic E-state index is -1.54. The molecule has 0 saturated carbocycles. The summed E-state index contributed by atoms with van der Waals surface area (Å²) in [6.45, 7) is 0. The van der Waals surface area contributed by atoms with Gasteiger partial charge in [-0.1, -0.05) is 0 Å². The van der Waals surface area contributed by atoms with Gasteiger partial charge < -0.3 is 16.6 Å². The summed E-state index contributed by atoms with van der Waals surface area (Å²) >= 11 is 0. The molecule has 0 bridgehead atoms.